The second-order valence-corrected chi connectivity index (χ2v) is 4.07. The van der Waals surface area contributed by atoms with Crippen LogP contribution < -0.4 is 5.73 Å². The van der Waals surface area contributed by atoms with Crippen LogP contribution in [-0.4, -0.2) is 6.04 Å². The lowest BCUT2D eigenvalue weighted by atomic mass is 9.97. The molecule has 0 rings (SSSR count). The molecule has 0 heterocycles. The lowest BCUT2D eigenvalue weighted by Gasteiger charge is -2.07. The van der Waals surface area contributed by atoms with Gasteiger partial charge in [0, 0.05) is 17.9 Å². The van der Waals surface area contributed by atoms with Gasteiger partial charge in [0.15, 0.2) is 0 Å². The van der Waals surface area contributed by atoms with Crippen LogP contribution in [0.5, 0.6) is 0 Å². The van der Waals surface area contributed by atoms with Crippen molar-refractivity contribution in [1.82, 2.24) is 0 Å². The highest BCUT2D eigenvalue weighted by Gasteiger charge is 2.02. The highest BCUT2D eigenvalue weighted by molar-refractivity contribution is 5.07. The fraction of sp³-hybridized carbons (Fsp3) is 0.800. The van der Waals surface area contributed by atoms with Crippen LogP contribution >= 0.6 is 0 Å². The van der Waals surface area contributed by atoms with Crippen molar-refractivity contribution in [2.24, 2.45) is 11.1 Å². The first-order chi connectivity index (χ1) is 4.92. The summed E-state index contributed by atoms with van der Waals surface area (Å²) in [5.41, 5.74) is 5.71. The molecule has 0 aliphatic heterocycles. The Morgan fingerprint density at radius 3 is 2.27 bits per heavy atom. The molecule has 0 aromatic rings. The van der Waals surface area contributed by atoms with E-state index < -0.39 is 0 Å². The van der Waals surface area contributed by atoms with Gasteiger partial charge in [-0.15, -0.1) is 5.92 Å². The minimum atomic E-state index is 0.137. The number of nitrogens with two attached hydrogens (primary N) is 1. The molecular formula is C10H19N. The van der Waals surface area contributed by atoms with E-state index in [4.69, 9.17) is 5.73 Å². The Kier molecular flexibility index (Phi) is 4.22. The minimum Gasteiger partial charge on any atom is -0.328 e. The molecule has 64 valence electrons. The fourth-order valence-corrected chi connectivity index (χ4v) is 0.628. The van der Waals surface area contributed by atoms with E-state index in [2.05, 4.69) is 32.6 Å². The van der Waals surface area contributed by atoms with Crippen LogP contribution in [0.4, 0.5) is 0 Å². The average Bonchev–Trinajstić information content (AvgIpc) is 1.78. The summed E-state index contributed by atoms with van der Waals surface area (Å²) in [7, 11) is 0. The Bertz CT molecular complexity index is 152. The minimum absolute atomic E-state index is 0.137. The quantitative estimate of drug-likeness (QED) is 0.604. The summed E-state index contributed by atoms with van der Waals surface area (Å²) in [4.78, 5) is 0. The summed E-state index contributed by atoms with van der Waals surface area (Å²) in [6.07, 6.45) is 1.93. The molecule has 0 spiro atoms. The zero-order valence-electron chi connectivity index (χ0n) is 8.07. The molecule has 0 amide bonds. The van der Waals surface area contributed by atoms with Gasteiger partial charge in [-0.2, -0.15) is 0 Å². The third-order valence-corrected chi connectivity index (χ3v) is 1.19. The number of hydrogen-bond donors (Lipinski definition) is 1. The van der Waals surface area contributed by atoms with Crippen molar-refractivity contribution in [3.8, 4) is 11.8 Å². The van der Waals surface area contributed by atoms with Crippen LogP contribution in [0.1, 0.15) is 40.5 Å². The normalized spacial score (nSPS) is 13.5. The van der Waals surface area contributed by atoms with E-state index in [9.17, 15) is 0 Å². The molecule has 0 aliphatic carbocycles. The van der Waals surface area contributed by atoms with Crippen molar-refractivity contribution in [1.29, 1.82) is 0 Å². The Labute approximate surface area is 70.4 Å². The maximum Gasteiger partial charge on any atom is 0.0230 e. The van der Waals surface area contributed by atoms with Crippen molar-refractivity contribution >= 4 is 0 Å². The van der Waals surface area contributed by atoms with Gasteiger partial charge in [0.05, 0.1) is 0 Å². The van der Waals surface area contributed by atoms with Crippen LogP contribution in [-0.2, 0) is 0 Å². The highest BCUT2D eigenvalue weighted by Crippen LogP contribution is 2.10. The van der Waals surface area contributed by atoms with Crippen molar-refractivity contribution in [3.05, 3.63) is 0 Å². The molecular weight excluding hydrogens is 134 g/mol. The molecule has 0 aromatic heterocycles. The Morgan fingerprint density at radius 1 is 1.36 bits per heavy atom. The topological polar surface area (TPSA) is 26.0 Å². The van der Waals surface area contributed by atoms with Gasteiger partial charge in [0.2, 0.25) is 0 Å². The van der Waals surface area contributed by atoms with Gasteiger partial charge in [-0.1, -0.05) is 5.92 Å². The van der Waals surface area contributed by atoms with Gasteiger partial charge in [0.25, 0.3) is 0 Å². The molecule has 0 aliphatic rings. The summed E-state index contributed by atoms with van der Waals surface area (Å²) in [5, 5.41) is 0. The zero-order valence-corrected chi connectivity index (χ0v) is 8.07. The lowest BCUT2D eigenvalue weighted by molar-refractivity contribution is 0.569. The Hall–Kier alpha value is -0.480. The van der Waals surface area contributed by atoms with Gasteiger partial charge in [-0.25, -0.2) is 0 Å². The molecule has 11 heavy (non-hydrogen) atoms. The van der Waals surface area contributed by atoms with E-state index in [0.29, 0.717) is 0 Å². The molecule has 1 atom stereocenters. The van der Waals surface area contributed by atoms with Crippen molar-refractivity contribution in [2.75, 3.05) is 0 Å². The van der Waals surface area contributed by atoms with Crippen molar-refractivity contribution in [3.63, 3.8) is 0 Å². The van der Waals surface area contributed by atoms with Gasteiger partial charge < -0.3 is 5.73 Å². The smallest absolute Gasteiger partial charge is 0.0230 e. The summed E-state index contributed by atoms with van der Waals surface area (Å²) in [5.74, 6) is 6.30. The predicted molar refractivity (Wildman–Crippen MR) is 50.1 cm³/mol. The van der Waals surface area contributed by atoms with E-state index in [-0.39, 0.29) is 11.5 Å². The first-order valence-electron chi connectivity index (χ1n) is 4.17. The summed E-state index contributed by atoms with van der Waals surface area (Å²) in [6.45, 7) is 8.36. The van der Waals surface area contributed by atoms with Crippen LogP contribution in [0.25, 0.3) is 0 Å². The number of rotatable bonds is 2. The second-order valence-electron chi connectivity index (χ2n) is 4.07. The van der Waals surface area contributed by atoms with Crippen LogP contribution in [0, 0.1) is 17.3 Å². The second kappa shape index (κ2) is 4.41. The maximum atomic E-state index is 5.57. The first kappa shape index (κ1) is 10.5. The molecule has 0 radical (unpaired) electrons. The molecule has 1 unspecified atom stereocenters. The predicted octanol–water partition coefficient (Wildman–Crippen LogP) is 2.16. The van der Waals surface area contributed by atoms with Crippen LogP contribution in [0.15, 0.2) is 0 Å². The van der Waals surface area contributed by atoms with E-state index in [0.717, 1.165) is 12.8 Å². The third-order valence-electron chi connectivity index (χ3n) is 1.19. The van der Waals surface area contributed by atoms with E-state index in [1.54, 1.807) is 0 Å². The average molecular weight is 153 g/mol. The monoisotopic (exact) mass is 153 g/mol. The lowest BCUT2D eigenvalue weighted by Crippen LogP contribution is -2.13. The first-order valence-corrected chi connectivity index (χ1v) is 4.17. The SMILES string of the molecule is CC(N)CCC#CC(C)(C)C. The van der Waals surface area contributed by atoms with Gasteiger partial charge >= 0.3 is 0 Å². The van der Waals surface area contributed by atoms with E-state index in [1.165, 1.54) is 0 Å². The van der Waals surface area contributed by atoms with Crippen LogP contribution in [0.2, 0.25) is 0 Å². The molecule has 1 nitrogen and oxygen atoms in total. The molecule has 0 aromatic carbocycles. The fourth-order valence-electron chi connectivity index (χ4n) is 0.628. The molecule has 0 saturated carbocycles. The third kappa shape index (κ3) is 9.52. The Morgan fingerprint density at radius 2 is 1.91 bits per heavy atom. The zero-order chi connectivity index (χ0) is 8.91. The molecule has 0 bridgehead atoms. The highest BCUT2D eigenvalue weighted by atomic mass is 14.6. The molecule has 0 fully saturated rings. The standard InChI is InChI=1S/C10H19N/c1-9(11)7-5-6-8-10(2,3)4/h9H,5,7,11H2,1-4H3. The van der Waals surface area contributed by atoms with Crippen molar-refractivity contribution < 1.29 is 0 Å². The van der Waals surface area contributed by atoms with Gasteiger partial charge in [0.1, 0.15) is 0 Å². The summed E-state index contributed by atoms with van der Waals surface area (Å²) in [6, 6.07) is 0.282. The van der Waals surface area contributed by atoms with Gasteiger partial charge in [-0.05, 0) is 34.1 Å². The van der Waals surface area contributed by atoms with Gasteiger partial charge in [-0.3, -0.25) is 0 Å². The largest absolute Gasteiger partial charge is 0.328 e. The van der Waals surface area contributed by atoms with E-state index >= 15 is 0 Å². The molecule has 1 heteroatoms. The van der Waals surface area contributed by atoms with E-state index in [1.807, 2.05) is 6.92 Å². The Balaban J connectivity index is 3.57. The van der Waals surface area contributed by atoms with Crippen molar-refractivity contribution in [2.45, 2.75) is 46.6 Å². The summed E-state index contributed by atoms with van der Waals surface area (Å²) < 4.78 is 0. The molecule has 0 saturated heterocycles. The molecule has 2 N–H and O–H groups in total. The summed E-state index contributed by atoms with van der Waals surface area (Å²) >= 11 is 0. The maximum absolute atomic E-state index is 5.57. The van der Waals surface area contributed by atoms with Crippen LogP contribution in [0.3, 0.4) is 0 Å². The number of hydrogen-bond acceptors (Lipinski definition) is 1.